The summed E-state index contributed by atoms with van der Waals surface area (Å²) in [5, 5.41) is 3.05. The van der Waals surface area contributed by atoms with Gasteiger partial charge in [0, 0.05) is 36.5 Å². The molecule has 0 bridgehead atoms. The quantitative estimate of drug-likeness (QED) is 0.895. The maximum absolute atomic E-state index is 12.7. The predicted molar refractivity (Wildman–Crippen MR) is 80.6 cm³/mol. The highest BCUT2D eigenvalue weighted by molar-refractivity contribution is 7.89. The number of aryl methyl sites for hydroxylation is 1. The molecule has 0 spiro atoms. The van der Waals surface area contributed by atoms with Crippen molar-refractivity contribution in [1.82, 2.24) is 9.62 Å². The van der Waals surface area contributed by atoms with E-state index in [-0.39, 0.29) is 6.10 Å². The highest BCUT2D eigenvalue weighted by atomic mass is 32.2. The fraction of sp³-hybridized carbons (Fsp3) is 0.692. The van der Waals surface area contributed by atoms with Crippen LogP contribution < -0.4 is 5.32 Å². The number of methoxy groups -OCH3 is 1. The van der Waals surface area contributed by atoms with E-state index in [1.807, 2.05) is 14.0 Å². The van der Waals surface area contributed by atoms with E-state index in [2.05, 4.69) is 5.32 Å². The molecule has 7 heteroatoms. The van der Waals surface area contributed by atoms with E-state index in [1.165, 1.54) is 0 Å². The molecule has 1 fully saturated rings. The van der Waals surface area contributed by atoms with Crippen LogP contribution in [0.5, 0.6) is 0 Å². The third-order valence-corrected chi connectivity index (χ3v) is 6.83. The molecule has 0 unspecified atom stereocenters. The summed E-state index contributed by atoms with van der Waals surface area (Å²) in [6.45, 7) is 3.65. The molecule has 20 heavy (non-hydrogen) atoms. The number of ether oxygens (including phenoxy) is 1. The Morgan fingerprint density at radius 2 is 2.10 bits per heavy atom. The molecule has 0 amide bonds. The lowest BCUT2D eigenvalue weighted by Gasteiger charge is -2.30. The summed E-state index contributed by atoms with van der Waals surface area (Å²) >= 11 is 1.54. The van der Waals surface area contributed by atoms with Crippen molar-refractivity contribution in [3.05, 3.63) is 15.8 Å². The van der Waals surface area contributed by atoms with E-state index in [1.54, 1.807) is 28.8 Å². The third kappa shape index (κ3) is 3.23. The van der Waals surface area contributed by atoms with Crippen molar-refractivity contribution in [1.29, 1.82) is 0 Å². The van der Waals surface area contributed by atoms with E-state index in [9.17, 15) is 8.42 Å². The summed E-state index contributed by atoms with van der Waals surface area (Å²) in [5.74, 6) is 0. The van der Waals surface area contributed by atoms with Crippen LogP contribution in [0.15, 0.2) is 11.0 Å². The number of rotatable bonds is 5. The average molecular weight is 318 g/mol. The van der Waals surface area contributed by atoms with Crippen LogP contribution >= 0.6 is 11.3 Å². The zero-order valence-corrected chi connectivity index (χ0v) is 13.8. The first-order chi connectivity index (χ1) is 9.48. The minimum atomic E-state index is -3.36. The lowest BCUT2D eigenvalue weighted by atomic mass is 10.1. The Labute approximate surface area is 125 Å². The average Bonchev–Trinajstić information content (AvgIpc) is 2.81. The number of sulfonamides is 1. The van der Waals surface area contributed by atoms with Crippen molar-refractivity contribution in [3.63, 3.8) is 0 Å². The normalized spacial score (nSPS) is 18.6. The second-order valence-corrected chi connectivity index (χ2v) is 8.25. The zero-order valence-electron chi connectivity index (χ0n) is 12.2. The fourth-order valence-corrected chi connectivity index (χ4v) is 5.57. The lowest BCUT2D eigenvalue weighted by molar-refractivity contribution is 0.0604. The van der Waals surface area contributed by atoms with Crippen molar-refractivity contribution < 1.29 is 13.2 Å². The van der Waals surface area contributed by atoms with Crippen molar-refractivity contribution in [2.45, 2.75) is 37.3 Å². The molecule has 1 saturated heterocycles. The summed E-state index contributed by atoms with van der Waals surface area (Å²) < 4.78 is 32.3. The number of piperidine rings is 1. The molecular formula is C13H22N2O3S2. The summed E-state index contributed by atoms with van der Waals surface area (Å²) in [7, 11) is 0.181. The SMILES string of the molecule is CNCc1cc(S(=O)(=O)N2CCC(OC)CC2)c(C)s1. The Morgan fingerprint density at radius 1 is 1.45 bits per heavy atom. The molecule has 1 aliphatic heterocycles. The standard InChI is InChI=1S/C13H22N2O3S2/c1-10-13(8-12(19-10)9-14-2)20(16,17)15-6-4-11(18-3)5-7-15/h8,11,14H,4-7,9H2,1-3H3. The molecule has 0 aromatic carbocycles. The van der Waals surface area contributed by atoms with Crippen LogP contribution in [-0.4, -0.2) is 46.1 Å². The lowest BCUT2D eigenvalue weighted by Crippen LogP contribution is -2.40. The molecule has 2 rings (SSSR count). The van der Waals surface area contributed by atoms with Gasteiger partial charge in [-0.05, 0) is 32.9 Å². The van der Waals surface area contributed by atoms with Gasteiger partial charge in [-0.3, -0.25) is 0 Å². The Kier molecular flexibility index (Phi) is 5.19. The van der Waals surface area contributed by atoms with E-state index < -0.39 is 10.0 Å². The largest absolute Gasteiger partial charge is 0.381 e. The summed E-state index contributed by atoms with van der Waals surface area (Å²) in [4.78, 5) is 2.38. The molecule has 114 valence electrons. The molecule has 0 atom stereocenters. The van der Waals surface area contributed by atoms with Gasteiger partial charge in [0.05, 0.1) is 11.0 Å². The van der Waals surface area contributed by atoms with Gasteiger partial charge in [-0.15, -0.1) is 11.3 Å². The highest BCUT2D eigenvalue weighted by Crippen LogP contribution is 2.29. The molecule has 2 heterocycles. The van der Waals surface area contributed by atoms with Gasteiger partial charge in [-0.2, -0.15) is 4.31 Å². The Balaban J connectivity index is 2.18. The Hall–Kier alpha value is -0.470. The molecule has 1 aliphatic rings. The molecule has 5 nitrogen and oxygen atoms in total. The topological polar surface area (TPSA) is 58.6 Å². The van der Waals surface area contributed by atoms with Gasteiger partial charge in [0.25, 0.3) is 0 Å². The Morgan fingerprint density at radius 3 is 2.65 bits per heavy atom. The van der Waals surface area contributed by atoms with Crippen molar-refractivity contribution in [2.24, 2.45) is 0 Å². The first-order valence-electron chi connectivity index (χ1n) is 6.76. The molecule has 0 radical (unpaired) electrons. The van der Waals surface area contributed by atoms with E-state index >= 15 is 0 Å². The van der Waals surface area contributed by atoms with E-state index in [4.69, 9.17) is 4.74 Å². The zero-order chi connectivity index (χ0) is 14.8. The number of nitrogens with zero attached hydrogens (tertiary/aromatic N) is 1. The van der Waals surface area contributed by atoms with Crippen molar-refractivity contribution in [3.8, 4) is 0 Å². The summed E-state index contributed by atoms with van der Waals surface area (Å²) in [6.07, 6.45) is 1.72. The van der Waals surface area contributed by atoms with Crippen LogP contribution in [0.4, 0.5) is 0 Å². The second-order valence-electron chi connectivity index (χ2n) is 5.00. The van der Waals surface area contributed by atoms with Crippen LogP contribution in [-0.2, 0) is 21.3 Å². The molecule has 1 N–H and O–H groups in total. The monoisotopic (exact) mass is 318 g/mol. The number of nitrogens with one attached hydrogen (secondary N) is 1. The second kappa shape index (κ2) is 6.53. The van der Waals surface area contributed by atoms with Crippen LogP contribution in [0.3, 0.4) is 0 Å². The smallest absolute Gasteiger partial charge is 0.244 e. The first-order valence-corrected chi connectivity index (χ1v) is 9.01. The van der Waals surface area contributed by atoms with E-state index in [0.717, 1.165) is 22.6 Å². The van der Waals surface area contributed by atoms with Crippen molar-refractivity contribution >= 4 is 21.4 Å². The molecule has 1 aromatic heterocycles. The van der Waals surface area contributed by atoms with Gasteiger partial charge in [0.1, 0.15) is 0 Å². The van der Waals surface area contributed by atoms with Gasteiger partial charge < -0.3 is 10.1 Å². The summed E-state index contributed by atoms with van der Waals surface area (Å²) in [6, 6.07) is 1.80. The number of hydrogen-bond donors (Lipinski definition) is 1. The van der Waals surface area contributed by atoms with Crippen LogP contribution in [0.1, 0.15) is 22.6 Å². The van der Waals surface area contributed by atoms with Crippen LogP contribution in [0, 0.1) is 6.92 Å². The Bertz CT molecular complexity index is 546. The first kappa shape index (κ1) is 15.9. The van der Waals surface area contributed by atoms with Gasteiger partial charge in [0.2, 0.25) is 10.0 Å². The van der Waals surface area contributed by atoms with Crippen molar-refractivity contribution in [2.75, 3.05) is 27.2 Å². The van der Waals surface area contributed by atoms with Gasteiger partial charge >= 0.3 is 0 Å². The van der Waals surface area contributed by atoms with Gasteiger partial charge in [-0.25, -0.2) is 8.42 Å². The van der Waals surface area contributed by atoms with E-state index in [0.29, 0.717) is 24.5 Å². The molecule has 0 saturated carbocycles. The molecular weight excluding hydrogens is 296 g/mol. The summed E-state index contributed by atoms with van der Waals surface area (Å²) in [5.41, 5.74) is 0. The van der Waals surface area contributed by atoms with Crippen LogP contribution in [0.25, 0.3) is 0 Å². The minimum Gasteiger partial charge on any atom is -0.381 e. The number of thiophene rings is 1. The number of hydrogen-bond acceptors (Lipinski definition) is 5. The highest BCUT2D eigenvalue weighted by Gasteiger charge is 2.31. The molecule has 0 aliphatic carbocycles. The maximum atomic E-state index is 12.7. The van der Waals surface area contributed by atoms with Gasteiger partial charge in [-0.1, -0.05) is 0 Å². The third-order valence-electron chi connectivity index (χ3n) is 3.63. The minimum absolute atomic E-state index is 0.185. The maximum Gasteiger partial charge on any atom is 0.244 e. The predicted octanol–water partition coefficient (Wildman–Crippen LogP) is 1.58. The molecule has 1 aromatic rings. The fourth-order valence-electron chi connectivity index (χ4n) is 2.49. The van der Waals surface area contributed by atoms with Crippen LogP contribution in [0.2, 0.25) is 0 Å². The van der Waals surface area contributed by atoms with Gasteiger partial charge in [0.15, 0.2) is 0 Å².